The fourth-order valence-corrected chi connectivity index (χ4v) is 3.35. The highest BCUT2D eigenvalue weighted by Crippen LogP contribution is 2.27. The normalized spacial score (nSPS) is 15.4. The smallest absolute Gasteiger partial charge is 0.304 e. The number of rotatable bonds is 8. The van der Waals surface area contributed by atoms with E-state index in [2.05, 4.69) is 10.3 Å². The van der Waals surface area contributed by atoms with Gasteiger partial charge < -0.3 is 20.1 Å². The van der Waals surface area contributed by atoms with E-state index in [0.717, 1.165) is 35.7 Å². The van der Waals surface area contributed by atoms with Gasteiger partial charge in [-0.2, -0.15) is 0 Å². The molecule has 2 N–H and O–H groups in total. The topological polar surface area (TPSA) is 91.8 Å². The van der Waals surface area contributed by atoms with Crippen molar-refractivity contribution in [2.75, 3.05) is 25.5 Å². The Hall–Kier alpha value is -3.09. The van der Waals surface area contributed by atoms with E-state index in [9.17, 15) is 9.59 Å². The SMILES string of the molecule is CC.CN1Cc2cc(OCCCNc3ccccn3)ccc2CC(CC(=O)O)C1=O. The number of carboxylic acids is 1. The van der Waals surface area contributed by atoms with Crippen molar-refractivity contribution >= 4 is 17.7 Å². The molecule has 0 radical (unpaired) electrons. The lowest BCUT2D eigenvalue weighted by Gasteiger charge is -2.18. The zero-order chi connectivity index (χ0) is 21.9. The molecule has 30 heavy (non-hydrogen) atoms. The molecule has 0 spiro atoms. The van der Waals surface area contributed by atoms with Crippen LogP contribution in [0.15, 0.2) is 42.6 Å². The van der Waals surface area contributed by atoms with Gasteiger partial charge in [0.05, 0.1) is 18.9 Å². The third-order valence-electron chi connectivity index (χ3n) is 4.76. The van der Waals surface area contributed by atoms with Crippen molar-refractivity contribution in [2.24, 2.45) is 5.92 Å². The highest BCUT2D eigenvalue weighted by molar-refractivity contribution is 5.84. The molecule has 1 unspecified atom stereocenters. The molecule has 162 valence electrons. The minimum Gasteiger partial charge on any atom is -0.494 e. The molecule has 2 aromatic rings. The number of carbonyl (C=O) groups is 2. The Bertz CT molecular complexity index is 826. The van der Waals surface area contributed by atoms with Crippen molar-refractivity contribution in [3.63, 3.8) is 0 Å². The second kappa shape index (κ2) is 11.8. The first kappa shape index (κ1) is 23.2. The number of anilines is 1. The van der Waals surface area contributed by atoms with E-state index in [1.165, 1.54) is 0 Å². The summed E-state index contributed by atoms with van der Waals surface area (Å²) in [7, 11) is 1.71. The molecule has 0 fully saturated rings. The number of nitrogens with zero attached hydrogens (tertiary/aromatic N) is 2. The maximum Gasteiger partial charge on any atom is 0.304 e. The maximum atomic E-state index is 12.4. The van der Waals surface area contributed by atoms with Gasteiger partial charge in [-0.1, -0.05) is 26.0 Å². The Balaban J connectivity index is 0.00000155. The number of fused-ring (bicyclic) bond motifs is 1. The van der Waals surface area contributed by atoms with Crippen LogP contribution in [-0.4, -0.2) is 47.1 Å². The Morgan fingerprint density at radius 2 is 2.07 bits per heavy atom. The van der Waals surface area contributed by atoms with Gasteiger partial charge in [0.1, 0.15) is 11.6 Å². The number of carbonyl (C=O) groups excluding carboxylic acids is 1. The Kier molecular flexibility index (Phi) is 9.12. The van der Waals surface area contributed by atoms with Crippen molar-refractivity contribution < 1.29 is 19.4 Å². The Labute approximate surface area is 178 Å². The third kappa shape index (κ3) is 6.76. The van der Waals surface area contributed by atoms with Crippen LogP contribution in [0.1, 0.15) is 37.8 Å². The Morgan fingerprint density at radius 1 is 1.27 bits per heavy atom. The molecule has 3 rings (SSSR count). The van der Waals surface area contributed by atoms with Crippen molar-refractivity contribution in [1.82, 2.24) is 9.88 Å². The van der Waals surface area contributed by atoms with Gasteiger partial charge in [0.25, 0.3) is 0 Å². The molecule has 2 heterocycles. The quantitative estimate of drug-likeness (QED) is 0.643. The van der Waals surface area contributed by atoms with E-state index in [-0.39, 0.29) is 12.3 Å². The van der Waals surface area contributed by atoms with Gasteiger partial charge in [-0.3, -0.25) is 9.59 Å². The summed E-state index contributed by atoms with van der Waals surface area (Å²) >= 11 is 0. The molecule has 7 nitrogen and oxygen atoms in total. The van der Waals surface area contributed by atoms with Crippen molar-refractivity contribution in [2.45, 2.75) is 39.7 Å². The summed E-state index contributed by atoms with van der Waals surface area (Å²) in [6.45, 7) is 5.79. The molecule has 1 aliphatic heterocycles. The average molecular weight is 414 g/mol. The van der Waals surface area contributed by atoms with Gasteiger partial charge in [-0.05, 0) is 48.2 Å². The number of pyridine rings is 1. The van der Waals surface area contributed by atoms with Gasteiger partial charge in [0, 0.05) is 26.3 Å². The van der Waals surface area contributed by atoms with E-state index in [1.807, 2.05) is 50.2 Å². The molecule has 1 amide bonds. The van der Waals surface area contributed by atoms with Crippen LogP contribution in [0.2, 0.25) is 0 Å². The molecule has 7 heteroatoms. The third-order valence-corrected chi connectivity index (χ3v) is 4.76. The van der Waals surface area contributed by atoms with E-state index in [1.54, 1.807) is 18.1 Å². The summed E-state index contributed by atoms with van der Waals surface area (Å²) in [4.78, 5) is 29.3. The molecular formula is C23H31N3O4. The van der Waals surface area contributed by atoms with Crippen LogP contribution in [0.4, 0.5) is 5.82 Å². The van der Waals surface area contributed by atoms with Gasteiger partial charge in [0.2, 0.25) is 5.91 Å². The number of ether oxygens (including phenoxy) is 1. The fraction of sp³-hybridized carbons (Fsp3) is 0.435. The van der Waals surface area contributed by atoms with Crippen LogP contribution in [0.25, 0.3) is 0 Å². The van der Waals surface area contributed by atoms with E-state index in [0.29, 0.717) is 19.6 Å². The first-order valence-corrected chi connectivity index (χ1v) is 10.4. The second-order valence-electron chi connectivity index (χ2n) is 6.97. The van der Waals surface area contributed by atoms with Gasteiger partial charge in [0.15, 0.2) is 0 Å². The number of carboxylic acid groups (broad SMARTS) is 1. The summed E-state index contributed by atoms with van der Waals surface area (Å²) in [6, 6.07) is 11.5. The summed E-state index contributed by atoms with van der Waals surface area (Å²) in [6.07, 6.45) is 2.87. The number of nitrogens with one attached hydrogen (secondary N) is 1. The largest absolute Gasteiger partial charge is 0.494 e. The highest BCUT2D eigenvalue weighted by Gasteiger charge is 2.29. The van der Waals surface area contributed by atoms with Gasteiger partial charge in [-0.15, -0.1) is 0 Å². The lowest BCUT2D eigenvalue weighted by Crippen LogP contribution is -2.32. The van der Waals surface area contributed by atoms with Crippen molar-refractivity contribution in [3.8, 4) is 5.75 Å². The lowest BCUT2D eigenvalue weighted by molar-refractivity contribution is -0.143. The second-order valence-corrected chi connectivity index (χ2v) is 6.97. The summed E-state index contributed by atoms with van der Waals surface area (Å²) in [5.41, 5.74) is 2.01. The van der Waals surface area contributed by atoms with Crippen LogP contribution >= 0.6 is 0 Å². The average Bonchev–Trinajstić information content (AvgIpc) is 2.86. The minimum absolute atomic E-state index is 0.123. The molecule has 1 atom stereocenters. The first-order chi connectivity index (χ1) is 14.5. The summed E-state index contributed by atoms with van der Waals surface area (Å²) < 4.78 is 5.85. The molecule has 1 aromatic heterocycles. The number of amides is 1. The zero-order valence-electron chi connectivity index (χ0n) is 17.9. The van der Waals surface area contributed by atoms with E-state index < -0.39 is 11.9 Å². The van der Waals surface area contributed by atoms with E-state index in [4.69, 9.17) is 9.84 Å². The van der Waals surface area contributed by atoms with Crippen LogP contribution in [0, 0.1) is 5.92 Å². The monoisotopic (exact) mass is 413 g/mol. The van der Waals surface area contributed by atoms with Gasteiger partial charge in [-0.25, -0.2) is 4.98 Å². The van der Waals surface area contributed by atoms with Crippen LogP contribution < -0.4 is 10.1 Å². The molecule has 1 aromatic carbocycles. The number of aliphatic carboxylic acids is 1. The number of hydrogen-bond donors (Lipinski definition) is 2. The van der Waals surface area contributed by atoms with Crippen LogP contribution in [-0.2, 0) is 22.6 Å². The van der Waals surface area contributed by atoms with Crippen LogP contribution in [0.3, 0.4) is 0 Å². The van der Waals surface area contributed by atoms with Crippen molar-refractivity contribution in [3.05, 3.63) is 53.7 Å². The Morgan fingerprint density at radius 3 is 2.77 bits per heavy atom. The zero-order valence-corrected chi connectivity index (χ0v) is 17.9. The highest BCUT2D eigenvalue weighted by atomic mass is 16.5. The minimum atomic E-state index is -0.950. The molecule has 0 bridgehead atoms. The number of hydrogen-bond acceptors (Lipinski definition) is 5. The molecule has 0 saturated heterocycles. The van der Waals surface area contributed by atoms with Crippen molar-refractivity contribution in [1.29, 1.82) is 0 Å². The molecule has 0 saturated carbocycles. The fourth-order valence-electron chi connectivity index (χ4n) is 3.35. The summed E-state index contributed by atoms with van der Waals surface area (Å²) in [5.74, 6) is 0.00888. The standard InChI is InChI=1S/C21H25N3O4.C2H6/c1-24-14-17-12-18(28-10-4-9-23-19-5-2-3-8-22-19)7-6-15(17)11-16(21(24)27)13-20(25)26;1-2/h2-3,5-8,12,16H,4,9-11,13-14H2,1H3,(H,22,23)(H,25,26);1-2H3. The predicted molar refractivity (Wildman–Crippen MR) is 117 cm³/mol. The first-order valence-electron chi connectivity index (χ1n) is 10.4. The lowest BCUT2D eigenvalue weighted by atomic mass is 9.94. The molecule has 1 aliphatic rings. The maximum absolute atomic E-state index is 12.4. The van der Waals surface area contributed by atoms with E-state index >= 15 is 0 Å². The number of benzene rings is 1. The van der Waals surface area contributed by atoms with Gasteiger partial charge >= 0.3 is 5.97 Å². The molecule has 0 aliphatic carbocycles. The molecular weight excluding hydrogens is 382 g/mol. The summed E-state index contributed by atoms with van der Waals surface area (Å²) in [5, 5.41) is 12.3. The van der Waals surface area contributed by atoms with Crippen LogP contribution in [0.5, 0.6) is 5.75 Å². The number of aromatic nitrogens is 1. The predicted octanol–water partition coefficient (Wildman–Crippen LogP) is 3.59.